The molecule has 0 unspecified atom stereocenters. The molecule has 2 aliphatic rings. The lowest BCUT2D eigenvalue weighted by Crippen LogP contribution is -2.47. The van der Waals surface area contributed by atoms with Gasteiger partial charge >= 0.3 is 6.18 Å². The van der Waals surface area contributed by atoms with Gasteiger partial charge in [-0.3, -0.25) is 14.9 Å². The predicted octanol–water partition coefficient (Wildman–Crippen LogP) is 3.39. The maximum Gasteiger partial charge on any atom is 0.416 e. The lowest BCUT2D eigenvalue weighted by atomic mass is 10.0. The fourth-order valence-electron chi connectivity index (χ4n) is 3.43. The molecule has 2 amide bonds. The van der Waals surface area contributed by atoms with Crippen LogP contribution in [0.25, 0.3) is 0 Å². The highest BCUT2D eigenvalue weighted by atomic mass is 32.1. The van der Waals surface area contributed by atoms with Crippen molar-refractivity contribution in [2.45, 2.75) is 24.8 Å². The van der Waals surface area contributed by atoms with Gasteiger partial charge in [-0.15, -0.1) is 11.3 Å². The number of nitrogens with one attached hydrogen (secondary N) is 1. The van der Waals surface area contributed by atoms with Crippen molar-refractivity contribution in [3.63, 3.8) is 0 Å². The Morgan fingerprint density at radius 1 is 1.17 bits per heavy atom. The first-order valence-electron chi connectivity index (χ1n) is 9.27. The molecular weight excluding hydrogens is 423 g/mol. The minimum atomic E-state index is -4.54. The second-order valence-corrected chi connectivity index (χ2v) is 7.83. The number of anilines is 1. The van der Waals surface area contributed by atoms with Crippen LogP contribution >= 0.6 is 11.3 Å². The van der Waals surface area contributed by atoms with Gasteiger partial charge in [-0.25, -0.2) is 4.98 Å². The molecule has 30 heavy (non-hydrogen) atoms. The molecule has 160 valence electrons. The lowest BCUT2D eigenvalue weighted by Gasteiger charge is -2.37. The average Bonchev–Trinajstić information content (AvgIpc) is 3.37. The molecule has 0 bridgehead atoms. The van der Waals surface area contributed by atoms with E-state index in [0.29, 0.717) is 39.1 Å². The smallest absolute Gasteiger partial charge is 0.347 e. The van der Waals surface area contributed by atoms with Crippen LogP contribution in [0, 0.1) is 0 Å². The molecule has 1 spiro atoms. The summed E-state index contributed by atoms with van der Waals surface area (Å²) in [5.74, 6) is -1.60. The summed E-state index contributed by atoms with van der Waals surface area (Å²) in [6.45, 7) is 2.02. The number of halogens is 3. The van der Waals surface area contributed by atoms with Crippen molar-refractivity contribution in [1.82, 2.24) is 9.88 Å². The molecule has 1 aromatic carbocycles. The van der Waals surface area contributed by atoms with Crippen LogP contribution in [0.2, 0.25) is 0 Å². The van der Waals surface area contributed by atoms with E-state index < -0.39 is 23.4 Å². The van der Waals surface area contributed by atoms with E-state index in [2.05, 4.69) is 10.3 Å². The Hall–Kier alpha value is -2.50. The van der Waals surface area contributed by atoms with Gasteiger partial charge in [0.25, 0.3) is 11.8 Å². The zero-order valence-corrected chi connectivity index (χ0v) is 16.5. The topological polar surface area (TPSA) is 80.8 Å². The third-order valence-corrected chi connectivity index (χ3v) is 5.78. The monoisotopic (exact) mass is 441 g/mol. The van der Waals surface area contributed by atoms with E-state index in [1.807, 2.05) is 0 Å². The van der Waals surface area contributed by atoms with Gasteiger partial charge in [0.15, 0.2) is 10.9 Å². The third-order valence-electron chi connectivity index (χ3n) is 5.02. The minimum Gasteiger partial charge on any atom is -0.347 e. The van der Waals surface area contributed by atoms with Gasteiger partial charge < -0.3 is 14.4 Å². The zero-order chi connectivity index (χ0) is 21.4. The van der Waals surface area contributed by atoms with E-state index in [0.717, 1.165) is 29.5 Å². The lowest BCUT2D eigenvalue weighted by molar-refractivity contribution is -0.181. The van der Waals surface area contributed by atoms with Crippen LogP contribution in [-0.2, 0) is 15.7 Å². The van der Waals surface area contributed by atoms with Crippen molar-refractivity contribution in [3.05, 3.63) is 46.5 Å². The van der Waals surface area contributed by atoms with Crippen LogP contribution in [0.5, 0.6) is 0 Å². The number of carbonyl (C=O) groups excluding carboxylic acids is 2. The molecular formula is C19H18F3N3O4S. The van der Waals surface area contributed by atoms with Crippen LogP contribution < -0.4 is 5.32 Å². The third kappa shape index (κ3) is 4.32. The van der Waals surface area contributed by atoms with Crippen LogP contribution in [0.3, 0.4) is 0 Å². The Labute approximate surface area is 173 Å². The maximum atomic E-state index is 12.8. The molecule has 1 N–H and O–H groups in total. The van der Waals surface area contributed by atoms with Crippen LogP contribution in [0.15, 0.2) is 29.6 Å². The second-order valence-electron chi connectivity index (χ2n) is 6.97. The molecule has 2 fully saturated rings. The highest BCUT2D eigenvalue weighted by molar-refractivity contribution is 7.14. The number of ether oxygens (including phenoxy) is 2. The zero-order valence-electron chi connectivity index (χ0n) is 15.7. The summed E-state index contributed by atoms with van der Waals surface area (Å²) in [7, 11) is 0. The molecule has 0 saturated carbocycles. The van der Waals surface area contributed by atoms with Gasteiger partial charge in [0.1, 0.15) is 5.69 Å². The summed E-state index contributed by atoms with van der Waals surface area (Å²) in [5, 5.41) is 4.09. The Morgan fingerprint density at radius 2 is 1.87 bits per heavy atom. The predicted molar refractivity (Wildman–Crippen MR) is 101 cm³/mol. The molecule has 0 radical (unpaired) electrons. The number of hydrogen-bond donors (Lipinski definition) is 1. The highest BCUT2D eigenvalue weighted by Crippen LogP contribution is 2.32. The summed E-state index contributed by atoms with van der Waals surface area (Å²) in [4.78, 5) is 30.7. The van der Waals surface area contributed by atoms with Gasteiger partial charge in [0, 0.05) is 36.9 Å². The second kappa shape index (κ2) is 7.97. The largest absolute Gasteiger partial charge is 0.416 e. The number of alkyl halides is 3. The van der Waals surface area contributed by atoms with Crippen molar-refractivity contribution >= 4 is 28.3 Å². The van der Waals surface area contributed by atoms with E-state index >= 15 is 0 Å². The fourth-order valence-corrected chi connectivity index (χ4v) is 4.11. The summed E-state index contributed by atoms with van der Waals surface area (Å²) >= 11 is 1.03. The van der Waals surface area contributed by atoms with Gasteiger partial charge in [0.2, 0.25) is 0 Å². The van der Waals surface area contributed by atoms with Crippen LogP contribution in [0.4, 0.5) is 18.3 Å². The Kier molecular flexibility index (Phi) is 5.51. The Morgan fingerprint density at radius 3 is 2.53 bits per heavy atom. The van der Waals surface area contributed by atoms with Gasteiger partial charge in [-0.1, -0.05) is 6.07 Å². The average molecular weight is 441 g/mol. The highest BCUT2D eigenvalue weighted by Gasteiger charge is 2.41. The van der Waals surface area contributed by atoms with E-state index in [-0.39, 0.29) is 22.3 Å². The Bertz CT molecular complexity index is 946. The van der Waals surface area contributed by atoms with Crippen LogP contribution in [0.1, 0.15) is 39.3 Å². The van der Waals surface area contributed by atoms with Crippen molar-refractivity contribution in [2.75, 3.05) is 31.6 Å². The summed E-state index contributed by atoms with van der Waals surface area (Å²) in [6, 6.07) is 4.10. The number of hydrogen-bond acceptors (Lipinski definition) is 6. The molecule has 2 aliphatic heterocycles. The summed E-state index contributed by atoms with van der Waals surface area (Å²) in [6.07, 6.45) is -3.40. The first kappa shape index (κ1) is 20.8. The van der Waals surface area contributed by atoms with Crippen molar-refractivity contribution in [2.24, 2.45) is 0 Å². The molecule has 7 nitrogen and oxygen atoms in total. The van der Waals surface area contributed by atoms with E-state index in [1.165, 1.54) is 11.4 Å². The molecule has 2 saturated heterocycles. The van der Waals surface area contributed by atoms with Gasteiger partial charge in [-0.2, -0.15) is 13.2 Å². The first-order valence-corrected chi connectivity index (χ1v) is 10.2. The number of nitrogens with zero attached hydrogens (tertiary/aromatic N) is 2. The van der Waals surface area contributed by atoms with Crippen molar-refractivity contribution in [1.29, 1.82) is 0 Å². The minimum absolute atomic E-state index is 0.136. The van der Waals surface area contributed by atoms with E-state index in [4.69, 9.17) is 9.47 Å². The summed E-state index contributed by atoms with van der Waals surface area (Å²) in [5.41, 5.74) is -0.891. The number of thiazole rings is 1. The summed E-state index contributed by atoms with van der Waals surface area (Å²) < 4.78 is 49.8. The SMILES string of the molecule is O=C(Nc1nc(C(=O)N2CCC3(CC2)OCCO3)cs1)c1cccc(C(F)(F)F)c1. The Balaban J connectivity index is 1.38. The number of piperidine rings is 1. The van der Waals surface area contributed by atoms with Crippen LogP contribution in [-0.4, -0.2) is 53.8 Å². The standard InChI is InChI=1S/C19H18F3N3O4S/c20-19(21,22)13-3-1-2-12(10-13)15(26)24-17-23-14(11-30-17)16(27)25-6-4-18(5-7-25)28-8-9-29-18/h1-3,10-11H,4-9H2,(H,23,24,26). The molecule has 11 heteroatoms. The maximum absolute atomic E-state index is 12.8. The number of amides is 2. The van der Waals surface area contributed by atoms with E-state index in [9.17, 15) is 22.8 Å². The number of likely N-dealkylation sites (tertiary alicyclic amines) is 1. The van der Waals surface area contributed by atoms with E-state index in [1.54, 1.807) is 4.90 Å². The molecule has 0 atom stereocenters. The number of rotatable bonds is 3. The number of benzene rings is 1. The molecule has 4 rings (SSSR count). The number of aromatic nitrogens is 1. The molecule has 1 aromatic heterocycles. The van der Waals surface area contributed by atoms with Gasteiger partial charge in [0.05, 0.1) is 18.8 Å². The molecule has 2 aromatic rings. The van der Waals surface area contributed by atoms with Crippen molar-refractivity contribution in [3.8, 4) is 0 Å². The van der Waals surface area contributed by atoms with Crippen molar-refractivity contribution < 1.29 is 32.2 Å². The molecule has 3 heterocycles. The first-order chi connectivity index (χ1) is 14.3. The normalized spacial score (nSPS) is 18.6. The van der Waals surface area contributed by atoms with Gasteiger partial charge in [-0.05, 0) is 18.2 Å². The molecule has 0 aliphatic carbocycles. The quantitative estimate of drug-likeness (QED) is 0.790. The fraction of sp³-hybridized carbons (Fsp3) is 0.421. The number of carbonyl (C=O) groups is 2.